The highest BCUT2D eigenvalue weighted by atomic mass is 32.1. The van der Waals surface area contributed by atoms with Crippen molar-refractivity contribution in [2.75, 3.05) is 0 Å². The molecular weight excluding hydrogens is 470 g/mol. The van der Waals surface area contributed by atoms with E-state index in [0.717, 1.165) is 12.1 Å². The molecule has 0 aliphatic heterocycles. The lowest BCUT2D eigenvalue weighted by molar-refractivity contribution is -0.136. The van der Waals surface area contributed by atoms with Gasteiger partial charge in [0.1, 0.15) is 10.7 Å². The van der Waals surface area contributed by atoms with Gasteiger partial charge in [0.2, 0.25) is 0 Å². The van der Waals surface area contributed by atoms with Gasteiger partial charge in [0.25, 0.3) is 5.91 Å². The van der Waals surface area contributed by atoms with Crippen LogP contribution < -0.4 is 5.32 Å². The number of hydrogen-bond acceptors (Lipinski definition) is 4. The molecule has 1 N–H and O–H groups in total. The summed E-state index contributed by atoms with van der Waals surface area (Å²) in [6.45, 7) is 8.63. The van der Waals surface area contributed by atoms with Gasteiger partial charge in [0.15, 0.2) is 5.69 Å². The Balaban J connectivity index is 1.53. The van der Waals surface area contributed by atoms with Crippen LogP contribution in [0.5, 0.6) is 0 Å². The molecule has 0 atom stereocenters. The fourth-order valence-electron chi connectivity index (χ4n) is 3.25. The number of carbonyl (C=O) groups excluding carboxylic acids is 1. The van der Waals surface area contributed by atoms with Gasteiger partial charge in [0, 0.05) is 23.9 Å². The molecule has 0 radical (unpaired) electrons. The van der Waals surface area contributed by atoms with Gasteiger partial charge in [-0.25, -0.2) is 18.9 Å². The van der Waals surface area contributed by atoms with Crippen molar-refractivity contribution in [3.05, 3.63) is 93.2 Å². The van der Waals surface area contributed by atoms with Crippen molar-refractivity contribution in [3.63, 3.8) is 0 Å². The van der Waals surface area contributed by atoms with E-state index in [-0.39, 0.29) is 23.7 Å². The number of thiazole rings is 1. The number of nitrogens with one attached hydrogen (secondary N) is 1. The Morgan fingerprint density at radius 3 is 2.65 bits per heavy atom. The molecule has 0 saturated heterocycles. The van der Waals surface area contributed by atoms with Crippen LogP contribution in [-0.2, 0) is 12.7 Å². The fourth-order valence-corrected chi connectivity index (χ4v) is 3.97. The van der Waals surface area contributed by atoms with Crippen molar-refractivity contribution < 1.29 is 22.4 Å². The van der Waals surface area contributed by atoms with Crippen LogP contribution in [-0.4, -0.2) is 20.7 Å². The van der Waals surface area contributed by atoms with Crippen LogP contribution >= 0.6 is 11.3 Å². The molecular formula is C23H15F4N5OS. The smallest absolute Gasteiger partial charge is 0.347 e. The molecule has 0 fully saturated rings. The van der Waals surface area contributed by atoms with E-state index in [1.807, 2.05) is 0 Å². The van der Waals surface area contributed by atoms with Crippen LogP contribution in [0, 0.1) is 19.3 Å². The molecule has 0 aliphatic carbocycles. The number of nitrogens with zero attached hydrogens (tertiary/aromatic N) is 4. The van der Waals surface area contributed by atoms with E-state index in [2.05, 4.69) is 20.2 Å². The molecule has 2 aromatic heterocycles. The zero-order valence-corrected chi connectivity index (χ0v) is 18.3. The van der Waals surface area contributed by atoms with E-state index in [9.17, 15) is 22.4 Å². The standard InChI is InChI=1S/C23H15F4N5OS/c1-13-21(34-12-30-13)22(33)29-9-15-4-3-14(7-19(15)24)16-10-31-32(11-16)17-5-6-20(28-2)18(8-17)23(25,26)27/h3-8,10-12H,9H2,1H3,(H,29,33). The molecule has 2 aromatic carbocycles. The molecule has 4 aromatic rings. The molecule has 172 valence electrons. The Labute approximate surface area is 195 Å². The molecule has 0 bridgehead atoms. The van der Waals surface area contributed by atoms with Crippen LogP contribution in [0.25, 0.3) is 21.7 Å². The summed E-state index contributed by atoms with van der Waals surface area (Å²) in [7, 11) is 0. The van der Waals surface area contributed by atoms with E-state index >= 15 is 0 Å². The predicted molar refractivity (Wildman–Crippen MR) is 118 cm³/mol. The largest absolute Gasteiger partial charge is 0.407 e. The number of hydrogen-bond donors (Lipinski definition) is 1. The molecule has 11 heteroatoms. The fraction of sp³-hybridized carbons (Fsp3) is 0.130. The van der Waals surface area contributed by atoms with Gasteiger partial charge in [-0.3, -0.25) is 4.79 Å². The van der Waals surface area contributed by atoms with Crippen molar-refractivity contribution in [1.82, 2.24) is 20.1 Å². The average Bonchev–Trinajstić information content (AvgIpc) is 3.46. The summed E-state index contributed by atoms with van der Waals surface area (Å²) >= 11 is 1.20. The zero-order chi connectivity index (χ0) is 24.5. The van der Waals surface area contributed by atoms with Gasteiger partial charge < -0.3 is 5.32 Å². The minimum Gasteiger partial charge on any atom is -0.347 e. The number of halogens is 4. The van der Waals surface area contributed by atoms with E-state index in [4.69, 9.17) is 6.57 Å². The molecule has 4 rings (SSSR count). The summed E-state index contributed by atoms with van der Waals surface area (Å²) in [6, 6.07) is 7.71. The second-order valence-corrected chi connectivity index (χ2v) is 8.10. The van der Waals surface area contributed by atoms with E-state index in [1.54, 1.807) is 18.5 Å². The lowest BCUT2D eigenvalue weighted by Crippen LogP contribution is -2.23. The van der Waals surface area contributed by atoms with Crippen LogP contribution in [0.1, 0.15) is 26.5 Å². The summed E-state index contributed by atoms with van der Waals surface area (Å²) in [5, 5.41) is 6.73. The van der Waals surface area contributed by atoms with Crippen molar-refractivity contribution in [3.8, 4) is 16.8 Å². The minimum absolute atomic E-state index is 0.0187. The monoisotopic (exact) mass is 485 g/mol. The van der Waals surface area contributed by atoms with Crippen molar-refractivity contribution in [2.24, 2.45) is 0 Å². The van der Waals surface area contributed by atoms with Crippen LogP contribution in [0.3, 0.4) is 0 Å². The summed E-state index contributed by atoms with van der Waals surface area (Å²) in [5.74, 6) is -0.889. The SMILES string of the molecule is [C-]#[N+]c1ccc(-n2cc(-c3ccc(CNC(=O)c4scnc4C)c(F)c3)cn2)cc1C(F)(F)F. The third-order valence-electron chi connectivity index (χ3n) is 5.03. The van der Waals surface area contributed by atoms with E-state index < -0.39 is 23.2 Å². The van der Waals surface area contributed by atoms with Gasteiger partial charge >= 0.3 is 6.18 Å². The minimum atomic E-state index is -4.68. The quantitative estimate of drug-likeness (QED) is 0.281. The third-order valence-corrected chi connectivity index (χ3v) is 5.96. The molecule has 2 heterocycles. The first-order chi connectivity index (χ1) is 16.2. The number of alkyl halides is 3. The normalized spacial score (nSPS) is 11.3. The van der Waals surface area contributed by atoms with Crippen molar-refractivity contribution in [1.29, 1.82) is 0 Å². The summed E-state index contributed by atoms with van der Waals surface area (Å²) in [5.41, 5.74) is 1.94. The molecule has 0 aliphatic rings. The van der Waals surface area contributed by atoms with Gasteiger partial charge in [-0.2, -0.15) is 18.3 Å². The Morgan fingerprint density at radius 2 is 2.00 bits per heavy atom. The van der Waals surface area contributed by atoms with Gasteiger partial charge in [0.05, 0.1) is 35.2 Å². The maximum absolute atomic E-state index is 14.7. The lowest BCUT2D eigenvalue weighted by Gasteiger charge is -2.11. The first-order valence-electron chi connectivity index (χ1n) is 9.78. The second-order valence-electron chi connectivity index (χ2n) is 7.24. The maximum Gasteiger partial charge on any atom is 0.407 e. The number of aryl methyl sites for hydroxylation is 1. The van der Waals surface area contributed by atoms with Crippen molar-refractivity contribution >= 4 is 22.9 Å². The van der Waals surface area contributed by atoms with E-state index in [1.165, 1.54) is 46.6 Å². The molecule has 0 saturated carbocycles. The zero-order valence-electron chi connectivity index (χ0n) is 17.5. The highest BCUT2D eigenvalue weighted by Crippen LogP contribution is 2.37. The number of amides is 1. The maximum atomic E-state index is 14.7. The van der Waals surface area contributed by atoms with Crippen molar-refractivity contribution in [2.45, 2.75) is 19.6 Å². The molecule has 1 amide bonds. The molecule has 6 nitrogen and oxygen atoms in total. The highest BCUT2D eigenvalue weighted by molar-refractivity contribution is 7.11. The number of rotatable bonds is 5. The topological polar surface area (TPSA) is 64.2 Å². The van der Waals surface area contributed by atoms with Gasteiger partial charge in [-0.15, -0.1) is 11.3 Å². The first-order valence-corrected chi connectivity index (χ1v) is 10.7. The Kier molecular flexibility index (Phi) is 6.17. The van der Waals surface area contributed by atoms with Crippen LogP contribution in [0.4, 0.5) is 23.2 Å². The van der Waals surface area contributed by atoms with E-state index in [0.29, 0.717) is 21.7 Å². The van der Waals surface area contributed by atoms with Crippen LogP contribution in [0.2, 0.25) is 0 Å². The third kappa shape index (κ3) is 4.67. The molecule has 0 unspecified atom stereocenters. The summed E-state index contributed by atoms with van der Waals surface area (Å²) < 4.78 is 55.6. The summed E-state index contributed by atoms with van der Waals surface area (Å²) in [6.07, 6.45) is -1.81. The lowest BCUT2D eigenvalue weighted by atomic mass is 10.1. The average molecular weight is 485 g/mol. The molecule has 34 heavy (non-hydrogen) atoms. The van der Waals surface area contributed by atoms with Gasteiger partial charge in [-0.1, -0.05) is 18.2 Å². The highest BCUT2D eigenvalue weighted by Gasteiger charge is 2.33. The van der Waals surface area contributed by atoms with Crippen LogP contribution in [0.15, 0.2) is 54.3 Å². The predicted octanol–water partition coefficient (Wildman–Crippen LogP) is 5.94. The molecule has 0 spiro atoms. The second kappa shape index (κ2) is 9.07. The number of benzene rings is 2. The van der Waals surface area contributed by atoms with Gasteiger partial charge in [-0.05, 0) is 30.7 Å². The Hall–Kier alpha value is -4.04. The summed E-state index contributed by atoms with van der Waals surface area (Å²) in [4.78, 5) is 19.6. The number of aromatic nitrogens is 3. The Morgan fingerprint density at radius 1 is 1.21 bits per heavy atom. The number of carbonyl (C=O) groups is 1. The first kappa shape index (κ1) is 23.1. The Bertz CT molecular complexity index is 1420.